The van der Waals surface area contributed by atoms with E-state index in [4.69, 9.17) is 11.6 Å². The van der Waals surface area contributed by atoms with E-state index in [0.717, 1.165) is 5.56 Å². The maximum absolute atomic E-state index is 12.8. The molecule has 2 heterocycles. The van der Waals surface area contributed by atoms with Gasteiger partial charge in [-0.05, 0) is 30.2 Å². The van der Waals surface area contributed by atoms with Crippen molar-refractivity contribution in [3.05, 3.63) is 81.9 Å². The van der Waals surface area contributed by atoms with Crippen LogP contribution in [0.15, 0.2) is 53.9 Å². The number of hydrogen-bond acceptors (Lipinski definition) is 5. The highest BCUT2D eigenvalue weighted by atomic mass is 35.5. The minimum Gasteiger partial charge on any atom is -0.298 e. The second-order valence-electron chi connectivity index (χ2n) is 6.49. The molecule has 0 bridgehead atoms. The third-order valence-corrected chi connectivity index (χ3v) is 5.69. The largest absolute Gasteiger partial charge is 0.298 e. The molecule has 1 aliphatic heterocycles. The molecule has 0 saturated heterocycles. The zero-order valence-corrected chi connectivity index (χ0v) is 16.8. The van der Waals surface area contributed by atoms with Crippen LogP contribution in [0.2, 0.25) is 0 Å². The van der Waals surface area contributed by atoms with Crippen molar-refractivity contribution in [3.8, 4) is 0 Å². The molecule has 1 aromatic heterocycles. The molecule has 3 amide bonds. The van der Waals surface area contributed by atoms with Crippen LogP contribution in [0.1, 0.15) is 42.3 Å². The van der Waals surface area contributed by atoms with Gasteiger partial charge in [0.2, 0.25) is 0 Å². The number of alkyl halides is 1. The highest BCUT2D eigenvalue weighted by Crippen LogP contribution is 2.25. The summed E-state index contributed by atoms with van der Waals surface area (Å²) in [5.41, 5.74) is 2.58. The van der Waals surface area contributed by atoms with E-state index in [0.29, 0.717) is 22.8 Å². The molecule has 3 aromatic rings. The van der Waals surface area contributed by atoms with Crippen molar-refractivity contribution >= 4 is 45.8 Å². The van der Waals surface area contributed by atoms with Crippen molar-refractivity contribution in [2.24, 2.45) is 0 Å². The Hall–Kier alpha value is -3.03. The predicted molar refractivity (Wildman–Crippen MR) is 112 cm³/mol. The average molecular weight is 426 g/mol. The van der Waals surface area contributed by atoms with E-state index in [-0.39, 0.29) is 35.4 Å². The van der Waals surface area contributed by atoms with Crippen LogP contribution >= 0.6 is 22.9 Å². The Morgan fingerprint density at radius 2 is 1.83 bits per heavy atom. The summed E-state index contributed by atoms with van der Waals surface area (Å²) in [6.07, 6.45) is 0.576. The fraction of sp³-hybridized carbons (Fsp3) is 0.143. The number of anilines is 1. The summed E-state index contributed by atoms with van der Waals surface area (Å²) in [7, 11) is 0. The molecule has 146 valence electrons. The normalized spacial score (nSPS) is 12.9. The van der Waals surface area contributed by atoms with Gasteiger partial charge in [0.15, 0.2) is 5.13 Å². The van der Waals surface area contributed by atoms with Crippen molar-refractivity contribution in [1.82, 2.24) is 9.88 Å². The number of carbonyl (C=O) groups excluding carboxylic acids is 3. The second kappa shape index (κ2) is 8.14. The Labute approximate surface area is 176 Å². The number of amides is 3. The number of halogens is 1. The lowest BCUT2D eigenvalue weighted by atomic mass is 10.1. The number of imide groups is 1. The van der Waals surface area contributed by atoms with Gasteiger partial charge in [0.05, 0.1) is 22.7 Å². The molecule has 0 saturated carbocycles. The molecule has 1 aliphatic rings. The van der Waals surface area contributed by atoms with E-state index in [2.05, 4.69) is 10.3 Å². The van der Waals surface area contributed by atoms with E-state index in [9.17, 15) is 14.4 Å². The Balaban J connectivity index is 1.49. The number of aromatic nitrogens is 1. The first-order valence-corrected chi connectivity index (χ1v) is 10.3. The molecular weight excluding hydrogens is 410 g/mol. The average Bonchev–Trinajstić information content (AvgIpc) is 3.30. The van der Waals surface area contributed by atoms with E-state index in [1.165, 1.54) is 34.4 Å². The molecule has 6 nitrogen and oxygen atoms in total. The quantitative estimate of drug-likeness (QED) is 0.478. The fourth-order valence-electron chi connectivity index (χ4n) is 3.12. The SMILES string of the molecule is O=C(Nc1nc(CCl)cs1)c1ccc2c(c1)C(=O)N(CCc1ccccc1)C2=O. The van der Waals surface area contributed by atoms with Crippen molar-refractivity contribution < 1.29 is 14.4 Å². The molecule has 0 atom stereocenters. The van der Waals surface area contributed by atoms with Gasteiger partial charge in [-0.15, -0.1) is 22.9 Å². The first-order chi connectivity index (χ1) is 14.1. The highest BCUT2D eigenvalue weighted by molar-refractivity contribution is 7.14. The molecular formula is C21H16ClN3O3S. The lowest BCUT2D eigenvalue weighted by molar-refractivity contribution is 0.0656. The number of benzene rings is 2. The lowest BCUT2D eigenvalue weighted by Gasteiger charge is -2.13. The first kappa shape index (κ1) is 19.3. The molecule has 0 radical (unpaired) electrons. The predicted octanol–water partition coefficient (Wildman–Crippen LogP) is 3.97. The van der Waals surface area contributed by atoms with E-state index in [1.54, 1.807) is 5.38 Å². The van der Waals surface area contributed by atoms with Crippen LogP contribution in [-0.4, -0.2) is 34.2 Å². The topological polar surface area (TPSA) is 79.4 Å². The Kier molecular flexibility index (Phi) is 5.42. The van der Waals surface area contributed by atoms with Crippen LogP contribution < -0.4 is 5.32 Å². The van der Waals surface area contributed by atoms with Crippen molar-refractivity contribution in [1.29, 1.82) is 0 Å². The van der Waals surface area contributed by atoms with Crippen LogP contribution in [0.5, 0.6) is 0 Å². The van der Waals surface area contributed by atoms with Gasteiger partial charge in [0.25, 0.3) is 17.7 Å². The van der Waals surface area contributed by atoms with Crippen LogP contribution in [0.3, 0.4) is 0 Å². The third-order valence-electron chi connectivity index (χ3n) is 4.61. The molecule has 1 N–H and O–H groups in total. The molecule has 2 aromatic carbocycles. The minimum absolute atomic E-state index is 0.247. The first-order valence-electron chi connectivity index (χ1n) is 8.92. The zero-order chi connectivity index (χ0) is 20.4. The maximum atomic E-state index is 12.8. The van der Waals surface area contributed by atoms with Gasteiger partial charge >= 0.3 is 0 Å². The van der Waals surface area contributed by atoms with Gasteiger partial charge in [-0.2, -0.15) is 0 Å². The van der Waals surface area contributed by atoms with Gasteiger partial charge < -0.3 is 0 Å². The van der Waals surface area contributed by atoms with Gasteiger partial charge in [0, 0.05) is 17.5 Å². The van der Waals surface area contributed by atoms with Crippen LogP contribution in [0, 0.1) is 0 Å². The van der Waals surface area contributed by atoms with E-state index in [1.807, 2.05) is 30.3 Å². The fourth-order valence-corrected chi connectivity index (χ4v) is 4.05. The molecule has 0 aliphatic carbocycles. The Morgan fingerprint density at radius 1 is 1.07 bits per heavy atom. The molecule has 29 heavy (non-hydrogen) atoms. The monoisotopic (exact) mass is 425 g/mol. The third kappa shape index (κ3) is 3.92. The molecule has 0 spiro atoms. The maximum Gasteiger partial charge on any atom is 0.261 e. The summed E-state index contributed by atoms with van der Waals surface area (Å²) in [6, 6.07) is 14.2. The highest BCUT2D eigenvalue weighted by Gasteiger charge is 2.35. The zero-order valence-electron chi connectivity index (χ0n) is 15.2. The lowest BCUT2D eigenvalue weighted by Crippen LogP contribution is -2.31. The number of thiazole rings is 1. The number of nitrogens with zero attached hydrogens (tertiary/aromatic N) is 2. The number of fused-ring (bicyclic) bond motifs is 1. The molecule has 8 heteroatoms. The van der Waals surface area contributed by atoms with Crippen molar-refractivity contribution in [2.75, 3.05) is 11.9 Å². The Bertz CT molecular complexity index is 1100. The number of nitrogens with one attached hydrogen (secondary N) is 1. The number of hydrogen-bond donors (Lipinski definition) is 1. The molecule has 0 fully saturated rings. The van der Waals surface area contributed by atoms with Gasteiger partial charge in [-0.25, -0.2) is 4.98 Å². The summed E-state index contributed by atoms with van der Waals surface area (Å²) in [5, 5.41) is 4.88. The number of rotatable bonds is 6. The van der Waals surface area contributed by atoms with Crippen molar-refractivity contribution in [3.63, 3.8) is 0 Å². The molecule has 4 rings (SSSR count). The Morgan fingerprint density at radius 3 is 2.55 bits per heavy atom. The summed E-state index contributed by atoms with van der Waals surface area (Å²) >= 11 is 6.99. The smallest absolute Gasteiger partial charge is 0.261 e. The summed E-state index contributed by atoms with van der Waals surface area (Å²) < 4.78 is 0. The van der Waals surface area contributed by atoms with Gasteiger partial charge in [0.1, 0.15) is 0 Å². The van der Waals surface area contributed by atoms with Crippen LogP contribution in [0.4, 0.5) is 5.13 Å². The van der Waals surface area contributed by atoms with E-state index >= 15 is 0 Å². The van der Waals surface area contributed by atoms with E-state index < -0.39 is 5.91 Å². The standard InChI is InChI=1S/C21H16ClN3O3S/c22-11-15-12-29-21(23-15)24-18(26)14-6-7-16-17(10-14)20(28)25(19(16)27)9-8-13-4-2-1-3-5-13/h1-7,10,12H,8-9,11H2,(H,23,24,26). The number of carbonyl (C=O) groups is 3. The summed E-state index contributed by atoms with van der Waals surface area (Å²) in [5.74, 6) is -0.847. The second-order valence-corrected chi connectivity index (χ2v) is 7.62. The van der Waals surface area contributed by atoms with Crippen molar-refractivity contribution in [2.45, 2.75) is 12.3 Å². The van der Waals surface area contributed by atoms with Gasteiger partial charge in [-0.3, -0.25) is 24.6 Å². The van der Waals surface area contributed by atoms with Crippen LogP contribution in [0.25, 0.3) is 0 Å². The van der Waals surface area contributed by atoms with Crippen LogP contribution in [-0.2, 0) is 12.3 Å². The summed E-state index contributed by atoms with van der Waals surface area (Å²) in [6.45, 7) is 0.290. The summed E-state index contributed by atoms with van der Waals surface area (Å²) in [4.78, 5) is 43.3. The minimum atomic E-state index is -0.397. The molecule has 0 unspecified atom stereocenters. The van der Waals surface area contributed by atoms with Gasteiger partial charge in [-0.1, -0.05) is 30.3 Å².